The molecule has 0 unspecified atom stereocenters. The topological polar surface area (TPSA) is 86.6 Å². The summed E-state index contributed by atoms with van der Waals surface area (Å²) in [6, 6.07) is 10.9. The van der Waals surface area contributed by atoms with Crippen LogP contribution in [0.1, 0.15) is 15.9 Å². The van der Waals surface area contributed by atoms with Gasteiger partial charge >= 0.3 is 5.97 Å². The number of aromatic carboxylic acids is 1. The van der Waals surface area contributed by atoms with E-state index in [1.165, 1.54) is 18.2 Å². The number of aromatic hydroxyl groups is 1. The lowest BCUT2D eigenvalue weighted by atomic mass is 10.1. The van der Waals surface area contributed by atoms with Gasteiger partial charge in [-0.3, -0.25) is 4.79 Å². The lowest BCUT2D eigenvalue weighted by molar-refractivity contribution is -0.115. The van der Waals surface area contributed by atoms with Crippen LogP contribution < -0.4 is 5.32 Å². The third-order valence-corrected chi connectivity index (χ3v) is 3.07. The highest BCUT2D eigenvalue weighted by Gasteiger charge is 2.14. The zero-order valence-electron chi connectivity index (χ0n) is 10.8. The molecule has 1 amide bonds. The van der Waals surface area contributed by atoms with E-state index in [9.17, 15) is 14.7 Å². The predicted molar refractivity (Wildman–Crippen MR) is 78.9 cm³/mol. The van der Waals surface area contributed by atoms with Crippen molar-refractivity contribution in [2.75, 3.05) is 5.32 Å². The average molecular weight is 306 g/mol. The number of carboxylic acids is 1. The van der Waals surface area contributed by atoms with E-state index in [0.717, 1.165) is 5.56 Å². The number of phenols is 1. The van der Waals surface area contributed by atoms with Gasteiger partial charge in [0.05, 0.1) is 12.1 Å². The molecule has 0 saturated heterocycles. The van der Waals surface area contributed by atoms with Crippen molar-refractivity contribution in [1.82, 2.24) is 0 Å². The van der Waals surface area contributed by atoms with Gasteiger partial charge in [-0.05, 0) is 29.8 Å². The van der Waals surface area contributed by atoms with Crippen molar-refractivity contribution < 1.29 is 19.8 Å². The quantitative estimate of drug-likeness (QED) is 0.758. The van der Waals surface area contributed by atoms with Gasteiger partial charge in [-0.15, -0.1) is 0 Å². The standard InChI is InChI=1S/C15H12ClNO4/c16-10-6-4-9(5-7-10)8-13(18)17-12-3-1-2-11(14(12)19)15(20)21/h1-7,19H,8H2,(H,17,18)(H,20,21). The molecule has 0 fully saturated rings. The minimum absolute atomic E-state index is 0.0638. The number of anilines is 1. The summed E-state index contributed by atoms with van der Waals surface area (Å²) in [7, 11) is 0. The number of hydrogen-bond acceptors (Lipinski definition) is 3. The molecule has 2 aromatic rings. The normalized spacial score (nSPS) is 10.1. The number of carbonyl (C=O) groups excluding carboxylic acids is 1. The van der Waals surface area contributed by atoms with Crippen molar-refractivity contribution in [3.63, 3.8) is 0 Å². The number of nitrogens with one attached hydrogen (secondary N) is 1. The van der Waals surface area contributed by atoms with Crippen LogP contribution in [0.25, 0.3) is 0 Å². The monoisotopic (exact) mass is 305 g/mol. The van der Waals surface area contributed by atoms with Crippen molar-refractivity contribution in [1.29, 1.82) is 0 Å². The van der Waals surface area contributed by atoms with Crippen molar-refractivity contribution >= 4 is 29.2 Å². The fourth-order valence-corrected chi connectivity index (χ4v) is 1.92. The van der Waals surface area contributed by atoms with Crippen LogP contribution >= 0.6 is 11.6 Å². The molecule has 0 saturated carbocycles. The molecule has 0 spiro atoms. The van der Waals surface area contributed by atoms with Gasteiger partial charge in [0.15, 0.2) is 5.75 Å². The number of carbonyl (C=O) groups is 2. The number of carboxylic acid groups (broad SMARTS) is 1. The van der Waals surface area contributed by atoms with Gasteiger partial charge in [-0.1, -0.05) is 29.8 Å². The molecular weight excluding hydrogens is 294 g/mol. The number of rotatable bonds is 4. The van der Waals surface area contributed by atoms with Gasteiger partial charge in [0, 0.05) is 5.02 Å². The van der Waals surface area contributed by atoms with Crippen LogP contribution in [0.3, 0.4) is 0 Å². The second-order valence-corrected chi connectivity index (χ2v) is 4.79. The lowest BCUT2D eigenvalue weighted by Gasteiger charge is -2.09. The van der Waals surface area contributed by atoms with E-state index in [1.54, 1.807) is 24.3 Å². The Morgan fingerprint density at radius 1 is 1.10 bits per heavy atom. The molecular formula is C15H12ClNO4. The molecule has 21 heavy (non-hydrogen) atoms. The van der Waals surface area contributed by atoms with E-state index in [2.05, 4.69) is 5.32 Å². The molecule has 0 aromatic heterocycles. The Bertz CT molecular complexity index is 683. The first-order valence-electron chi connectivity index (χ1n) is 6.07. The van der Waals surface area contributed by atoms with Crippen LogP contribution in [-0.4, -0.2) is 22.1 Å². The number of amides is 1. The Labute approximate surface area is 125 Å². The minimum Gasteiger partial charge on any atom is -0.505 e. The van der Waals surface area contributed by atoms with Crippen molar-refractivity contribution in [2.45, 2.75) is 6.42 Å². The smallest absolute Gasteiger partial charge is 0.339 e. The summed E-state index contributed by atoms with van der Waals surface area (Å²) in [6.45, 7) is 0. The van der Waals surface area contributed by atoms with Crippen LogP contribution in [0, 0.1) is 0 Å². The van der Waals surface area contributed by atoms with Crippen LogP contribution in [0.4, 0.5) is 5.69 Å². The Kier molecular flexibility index (Phi) is 4.45. The number of hydrogen-bond donors (Lipinski definition) is 3. The number of para-hydroxylation sites is 1. The zero-order chi connectivity index (χ0) is 15.4. The van der Waals surface area contributed by atoms with Gasteiger partial charge in [0.2, 0.25) is 5.91 Å². The van der Waals surface area contributed by atoms with Gasteiger partial charge in [-0.25, -0.2) is 4.79 Å². The fraction of sp³-hybridized carbons (Fsp3) is 0.0667. The second-order valence-electron chi connectivity index (χ2n) is 4.36. The third-order valence-electron chi connectivity index (χ3n) is 2.82. The second kappa shape index (κ2) is 6.28. The summed E-state index contributed by atoms with van der Waals surface area (Å²) in [6.07, 6.45) is 0.0912. The molecule has 108 valence electrons. The highest BCUT2D eigenvalue weighted by atomic mass is 35.5. The summed E-state index contributed by atoms with van der Waals surface area (Å²) >= 11 is 5.76. The molecule has 6 heteroatoms. The summed E-state index contributed by atoms with van der Waals surface area (Å²) in [5.74, 6) is -2.09. The molecule has 2 aromatic carbocycles. The summed E-state index contributed by atoms with van der Waals surface area (Å²) in [5.41, 5.74) is 0.555. The first-order valence-corrected chi connectivity index (χ1v) is 6.44. The van der Waals surface area contributed by atoms with E-state index < -0.39 is 11.7 Å². The lowest BCUT2D eigenvalue weighted by Crippen LogP contribution is -2.15. The molecule has 0 aliphatic rings. The maximum Gasteiger partial charge on any atom is 0.339 e. The van der Waals surface area contributed by atoms with Gasteiger partial charge in [0.25, 0.3) is 0 Å². The first kappa shape index (κ1) is 14.9. The van der Waals surface area contributed by atoms with E-state index >= 15 is 0 Å². The molecule has 5 nitrogen and oxygen atoms in total. The third kappa shape index (κ3) is 3.73. The number of halogens is 1. The van der Waals surface area contributed by atoms with Crippen LogP contribution in [-0.2, 0) is 11.2 Å². The summed E-state index contributed by atoms with van der Waals surface area (Å²) < 4.78 is 0. The van der Waals surface area contributed by atoms with Crippen LogP contribution in [0.15, 0.2) is 42.5 Å². The Morgan fingerprint density at radius 3 is 2.38 bits per heavy atom. The molecule has 0 atom stereocenters. The molecule has 0 aliphatic heterocycles. The van der Waals surface area contributed by atoms with Crippen LogP contribution in [0.5, 0.6) is 5.75 Å². The van der Waals surface area contributed by atoms with E-state index in [4.69, 9.17) is 16.7 Å². The maximum atomic E-state index is 11.9. The van der Waals surface area contributed by atoms with E-state index in [0.29, 0.717) is 5.02 Å². The van der Waals surface area contributed by atoms with Gasteiger partial charge in [0.1, 0.15) is 5.56 Å². The Balaban J connectivity index is 2.11. The Hall–Kier alpha value is -2.53. The fourth-order valence-electron chi connectivity index (χ4n) is 1.80. The minimum atomic E-state index is -1.26. The predicted octanol–water partition coefficient (Wildman–Crippen LogP) is 2.93. The molecule has 2 rings (SSSR count). The van der Waals surface area contributed by atoms with E-state index in [1.807, 2.05) is 0 Å². The average Bonchev–Trinajstić information content (AvgIpc) is 2.43. The first-order chi connectivity index (χ1) is 9.97. The highest BCUT2D eigenvalue weighted by Crippen LogP contribution is 2.27. The maximum absolute atomic E-state index is 11.9. The SMILES string of the molecule is O=C(Cc1ccc(Cl)cc1)Nc1cccc(C(=O)O)c1O. The molecule has 0 radical (unpaired) electrons. The molecule has 0 heterocycles. The zero-order valence-corrected chi connectivity index (χ0v) is 11.6. The Morgan fingerprint density at radius 2 is 1.76 bits per heavy atom. The largest absolute Gasteiger partial charge is 0.505 e. The molecule has 0 aliphatic carbocycles. The van der Waals surface area contributed by atoms with Crippen LogP contribution in [0.2, 0.25) is 5.02 Å². The van der Waals surface area contributed by atoms with Gasteiger partial charge < -0.3 is 15.5 Å². The van der Waals surface area contributed by atoms with Crippen molar-refractivity contribution in [3.05, 3.63) is 58.6 Å². The van der Waals surface area contributed by atoms with Crippen molar-refractivity contribution in [3.8, 4) is 5.75 Å². The molecule has 3 N–H and O–H groups in total. The van der Waals surface area contributed by atoms with Gasteiger partial charge in [-0.2, -0.15) is 0 Å². The summed E-state index contributed by atoms with van der Waals surface area (Å²) in [5, 5.41) is 21.8. The molecule has 0 bridgehead atoms. The summed E-state index contributed by atoms with van der Waals surface area (Å²) in [4.78, 5) is 22.8. The van der Waals surface area contributed by atoms with Crippen molar-refractivity contribution in [2.24, 2.45) is 0 Å². The highest BCUT2D eigenvalue weighted by molar-refractivity contribution is 6.30. The number of benzene rings is 2. The van der Waals surface area contributed by atoms with E-state index in [-0.39, 0.29) is 23.6 Å².